The molecule has 204 valence electrons. The first-order valence-corrected chi connectivity index (χ1v) is 13.5. The second-order valence-corrected chi connectivity index (χ2v) is 12.7. The van der Waals surface area contributed by atoms with Crippen LogP contribution >= 0.6 is 0 Å². The molecule has 2 aromatic carbocycles. The average Bonchev–Trinajstić information content (AvgIpc) is 3.22. The molecule has 0 aliphatic rings. The maximum Gasteiger partial charge on any atom is 0.245 e. The lowest BCUT2D eigenvalue weighted by atomic mass is 9.84. The van der Waals surface area contributed by atoms with E-state index in [1.807, 2.05) is 67.6 Å². The van der Waals surface area contributed by atoms with Crippen molar-refractivity contribution < 1.29 is 9.59 Å². The third-order valence-electron chi connectivity index (χ3n) is 6.48. The third-order valence-corrected chi connectivity index (χ3v) is 6.48. The molecule has 2 amide bonds. The van der Waals surface area contributed by atoms with Gasteiger partial charge in [-0.05, 0) is 41.9 Å². The molecular formula is C32H44N4O2. The van der Waals surface area contributed by atoms with Gasteiger partial charge in [-0.1, -0.05) is 97.0 Å². The Morgan fingerprint density at radius 1 is 0.974 bits per heavy atom. The molecule has 0 bridgehead atoms. The van der Waals surface area contributed by atoms with E-state index < -0.39 is 0 Å². The lowest BCUT2D eigenvalue weighted by Crippen LogP contribution is -2.38. The molecule has 0 spiro atoms. The summed E-state index contributed by atoms with van der Waals surface area (Å²) < 4.78 is 1.79. The maximum atomic E-state index is 13.4. The minimum atomic E-state index is -0.243. The molecule has 0 aliphatic carbocycles. The zero-order chi connectivity index (χ0) is 28.1. The maximum absolute atomic E-state index is 13.4. The van der Waals surface area contributed by atoms with Crippen molar-refractivity contribution >= 4 is 17.6 Å². The second-order valence-electron chi connectivity index (χ2n) is 12.7. The van der Waals surface area contributed by atoms with Gasteiger partial charge in [0.15, 0.2) is 0 Å². The van der Waals surface area contributed by atoms with Crippen LogP contribution in [0, 0.1) is 18.3 Å². The molecule has 0 radical (unpaired) electrons. The smallest absolute Gasteiger partial charge is 0.245 e. The lowest BCUT2D eigenvalue weighted by molar-refractivity contribution is -0.136. The molecule has 38 heavy (non-hydrogen) atoms. The molecule has 1 heterocycles. The molecule has 6 heteroatoms. The van der Waals surface area contributed by atoms with E-state index in [2.05, 4.69) is 53.8 Å². The molecule has 0 saturated carbocycles. The van der Waals surface area contributed by atoms with Gasteiger partial charge in [0.05, 0.1) is 11.4 Å². The number of hydrogen-bond donors (Lipinski definition) is 1. The van der Waals surface area contributed by atoms with Crippen LogP contribution in [0.5, 0.6) is 0 Å². The number of carbonyl (C=O) groups excluding carboxylic acids is 2. The molecular weight excluding hydrogens is 472 g/mol. The summed E-state index contributed by atoms with van der Waals surface area (Å²) in [4.78, 5) is 28.5. The molecule has 0 saturated heterocycles. The Hall–Kier alpha value is -3.41. The Balaban J connectivity index is 1.85. The van der Waals surface area contributed by atoms with Crippen molar-refractivity contribution in [2.45, 2.75) is 80.2 Å². The van der Waals surface area contributed by atoms with Crippen LogP contribution in [0.25, 0.3) is 5.69 Å². The van der Waals surface area contributed by atoms with Crippen LogP contribution in [-0.4, -0.2) is 33.0 Å². The normalized spacial score (nSPS) is 12.7. The number of aryl methyl sites for hydroxylation is 1. The van der Waals surface area contributed by atoms with Gasteiger partial charge in [-0.15, -0.1) is 0 Å². The van der Waals surface area contributed by atoms with E-state index in [-0.39, 0.29) is 35.1 Å². The fourth-order valence-electron chi connectivity index (χ4n) is 4.76. The third kappa shape index (κ3) is 8.30. The molecule has 0 fully saturated rings. The number of hydrogen-bond acceptors (Lipinski definition) is 3. The summed E-state index contributed by atoms with van der Waals surface area (Å²) in [7, 11) is 0. The molecule has 1 unspecified atom stereocenters. The first-order valence-electron chi connectivity index (χ1n) is 13.5. The van der Waals surface area contributed by atoms with Gasteiger partial charge in [0.2, 0.25) is 11.8 Å². The first kappa shape index (κ1) is 29.2. The number of carbonyl (C=O) groups is 2. The molecule has 0 aliphatic heterocycles. The van der Waals surface area contributed by atoms with Crippen molar-refractivity contribution in [3.05, 3.63) is 77.5 Å². The van der Waals surface area contributed by atoms with Gasteiger partial charge >= 0.3 is 0 Å². The summed E-state index contributed by atoms with van der Waals surface area (Å²) in [6.07, 6.45) is 1.35. The Kier molecular flexibility index (Phi) is 9.18. The van der Waals surface area contributed by atoms with E-state index in [1.54, 1.807) is 9.58 Å². The second kappa shape index (κ2) is 12.0. The minimum absolute atomic E-state index is 0.0106. The van der Waals surface area contributed by atoms with E-state index >= 15 is 0 Å². The van der Waals surface area contributed by atoms with Crippen LogP contribution in [-0.2, 0) is 21.5 Å². The zero-order valence-electron chi connectivity index (χ0n) is 24.3. The van der Waals surface area contributed by atoms with Crippen molar-refractivity contribution in [2.24, 2.45) is 11.3 Å². The minimum Gasteiger partial charge on any atom is -0.329 e. The van der Waals surface area contributed by atoms with Crippen LogP contribution in [0.1, 0.15) is 78.1 Å². The van der Waals surface area contributed by atoms with E-state index in [4.69, 9.17) is 5.10 Å². The van der Waals surface area contributed by atoms with Crippen molar-refractivity contribution in [1.82, 2.24) is 14.7 Å². The zero-order valence-corrected chi connectivity index (χ0v) is 24.3. The molecule has 6 nitrogen and oxygen atoms in total. The lowest BCUT2D eigenvalue weighted by Gasteiger charge is -2.27. The fourth-order valence-corrected chi connectivity index (χ4v) is 4.76. The molecule has 1 N–H and O–H groups in total. The van der Waals surface area contributed by atoms with Gasteiger partial charge < -0.3 is 10.2 Å². The van der Waals surface area contributed by atoms with Crippen molar-refractivity contribution in [1.29, 1.82) is 0 Å². The Bertz CT molecular complexity index is 1230. The van der Waals surface area contributed by atoms with Gasteiger partial charge in [0, 0.05) is 24.4 Å². The number of amides is 2. The van der Waals surface area contributed by atoms with Gasteiger partial charge in [0.25, 0.3) is 0 Å². The highest BCUT2D eigenvalue weighted by Gasteiger charge is 2.25. The van der Waals surface area contributed by atoms with E-state index in [0.29, 0.717) is 18.8 Å². The van der Waals surface area contributed by atoms with Crippen molar-refractivity contribution in [2.75, 3.05) is 11.9 Å². The Morgan fingerprint density at radius 2 is 1.61 bits per heavy atom. The number of nitrogens with zero attached hydrogens (tertiary/aromatic N) is 3. The highest BCUT2D eigenvalue weighted by molar-refractivity contribution is 5.94. The van der Waals surface area contributed by atoms with Crippen molar-refractivity contribution in [3.8, 4) is 5.69 Å². The largest absolute Gasteiger partial charge is 0.329 e. The van der Waals surface area contributed by atoms with Crippen LogP contribution in [0.3, 0.4) is 0 Å². The Labute approximate surface area is 228 Å². The highest BCUT2D eigenvalue weighted by atomic mass is 16.2. The van der Waals surface area contributed by atoms with Gasteiger partial charge in [-0.3, -0.25) is 9.59 Å². The Morgan fingerprint density at radius 3 is 2.21 bits per heavy atom. The summed E-state index contributed by atoms with van der Waals surface area (Å²) in [6, 6.07) is 19.7. The quantitative estimate of drug-likeness (QED) is 0.336. The standard InChI is InChI=1S/C32H44N4O2/c1-23(20-31(3,4)5)18-30(38)35(21-25-15-10-9-11-16-25)22-29(37)33-28-19-27(32(6,7)8)34-36(28)26-17-13-12-14-24(26)2/h9-17,19,23H,18,20-22H2,1-8H3,(H,33,37). The molecule has 3 rings (SSSR count). The fraction of sp³-hybridized carbons (Fsp3) is 0.469. The summed E-state index contributed by atoms with van der Waals surface area (Å²) >= 11 is 0. The van der Waals surface area contributed by atoms with Gasteiger partial charge in [-0.2, -0.15) is 5.10 Å². The van der Waals surface area contributed by atoms with Crippen molar-refractivity contribution in [3.63, 3.8) is 0 Å². The molecule has 1 atom stereocenters. The number of benzene rings is 2. The van der Waals surface area contributed by atoms with Gasteiger partial charge in [-0.25, -0.2) is 4.68 Å². The van der Waals surface area contributed by atoms with E-state index in [0.717, 1.165) is 28.9 Å². The van der Waals surface area contributed by atoms with Crippen LogP contribution in [0.15, 0.2) is 60.7 Å². The topological polar surface area (TPSA) is 67.2 Å². The van der Waals surface area contributed by atoms with Crippen LogP contribution in [0.2, 0.25) is 0 Å². The summed E-state index contributed by atoms with van der Waals surface area (Å²) in [5.74, 6) is 0.569. The van der Waals surface area contributed by atoms with E-state index in [9.17, 15) is 9.59 Å². The summed E-state index contributed by atoms with van der Waals surface area (Å²) in [5, 5.41) is 7.90. The number of rotatable bonds is 9. The first-order chi connectivity index (χ1) is 17.7. The number of para-hydroxylation sites is 1. The number of anilines is 1. The predicted octanol–water partition coefficient (Wildman–Crippen LogP) is 6.91. The molecule has 1 aromatic heterocycles. The van der Waals surface area contributed by atoms with E-state index in [1.165, 1.54) is 0 Å². The summed E-state index contributed by atoms with van der Waals surface area (Å²) in [6.45, 7) is 17.4. The monoisotopic (exact) mass is 516 g/mol. The SMILES string of the molecule is Cc1ccccc1-n1nc(C(C)(C)C)cc1NC(=O)CN(Cc1ccccc1)C(=O)CC(C)CC(C)(C)C. The van der Waals surface area contributed by atoms with Crippen LogP contribution in [0.4, 0.5) is 5.82 Å². The van der Waals surface area contributed by atoms with Crippen LogP contribution < -0.4 is 5.32 Å². The average molecular weight is 517 g/mol. The number of nitrogens with one attached hydrogen (secondary N) is 1. The predicted molar refractivity (Wildman–Crippen MR) is 155 cm³/mol. The highest BCUT2D eigenvalue weighted by Crippen LogP contribution is 2.28. The number of aromatic nitrogens is 2. The summed E-state index contributed by atoms with van der Waals surface area (Å²) in [5.41, 5.74) is 3.79. The molecule has 3 aromatic rings. The van der Waals surface area contributed by atoms with Gasteiger partial charge in [0.1, 0.15) is 12.4 Å².